The zero-order valence-electron chi connectivity index (χ0n) is 20.7. The number of aliphatic carboxylic acids is 1. The third kappa shape index (κ3) is 5.41. The molecule has 0 radical (unpaired) electrons. The van der Waals surface area contributed by atoms with Crippen molar-refractivity contribution in [3.63, 3.8) is 0 Å². The Kier molecular flexibility index (Phi) is 7.60. The standard InChI is InChI=1S/C28H30N4O4S/c1-36-25-16-29-23(15-30-25)20-11-4-5-12-21(20)24-17-37-28(31-24)32-13-7-6-10-19(18-8-2-3-9-18)22(27(32)35)14-26(33)34/h4-7,11-12,15-19,22H,2-3,8-10,13-14H2,1H3,(H,33,34)/b7-6-/t19-,22+/m1/s1. The lowest BCUT2D eigenvalue weighted by atomic mass is 9.75. The minimum absolute atomic E-state index is 0.0407. The zero-order chi connectivity index (χ0) is 25.8. The van der Waals surface area contributed by atoms with Crippen LogP contribution in [-0.2, 0) is 9.59 Å². The number of allylic oxidation sites excluding steroid dienone is 1. The molecule has 2 atom stereocenters. The van der Waals surface area contributed by atoms with Crippen LogP contribution in [0, 0.1) is 17.8 Å². The molecule has 2 aliphatic rings. The predicted molar refractivity (Wildman–Crippen MR) is 142 cm³/mol. The Morgan fingerprint density at radius 2 is 1.86 bits per heavy atom. The minimum atomic E-state index is -0.930. The van der Waals surface area contributed by atoms with E-state index in [1.165, 1.54) is 11.3 Å². The van der Waals surface area contributed by atoms with Gasteiger partial charge in [-0.15, -0.1) is 11.3 Å². The Morgan fingerprint density at radius 1 is 1.11 bits per heavy atom. The van der Waals surface area contributed by atoms with Crippen molar-refractivity contribution in [3.05, 3.63) is 54.2 Å². The molecule has 1 fully saturated rings. The largest absolute Gasteiger partial charge is 0.481 e. The van der Waals surface area contributed by atoms with Crippen molar-refractivity contribution in [2.24, 2.45) is 17.8 Å². The van der Waals surface area contributed by atoms with Crippen LogP contribution in [-0.4, -0.2) is 45.6 Å². The van der Waals surface area contributed by atoms with Crippen LogP contribution in [0.5, 0.6) is 5.88 Å². The summed E-state index contributed by atoms with van der Waals surface area (Å²) in [4.78, 5) is 40.9. The first-order valence-corrected chi connectivity index (χ1v) is 13.5. The van der Waals surface area contributed by atoms with Crippen molar-refractivity contribution >= 4 is 28.3 Å². The second kappa shape index (κ2) is 11.2. The molecule has 1 N–H and O–H groups in total. The van der Waals surface area contributed by atoms with E-state index in [2.05, 4.69) is 16.0 Å². The molecule has 1 aliphatic carbocycles. The topological polar surface area (TPSA) is 106 Å². The summed E-state index contributed by atoms with van der Waals surface area (Å²) in [6, 6.07) is 7.81. The number of hydrogen-bond donors (Lipinski definition) is 1. The fraction of sp³-hybridized carbons (Fsp3) is 0.393. The number of aromatic nitrogens is 3. The highest BCUT2D eigenvalue weighted by atomic mass is 32.1. The van der Waals surface area contributed by atoms with Gasteiger partial charge in [-0.05, 0) is 18.3 Å². The number of anilines is 1. The van der Waals surface area contributed by atoms with Crippen molar-refractivity contribution in [3.8, 4) is 28.4 Å². The van der Waals surface area contributed by atoms with Gasteiger partial charge in [0.05, 0.1) is 43.2 Å². The summed E-state index contributed by atoms with van der Waals surface area (Å²) in [5, 5.41) is 12.2. The highest BCUT2D eigenvalue weighted by molar-refractivity contribution is 7.14. The van der Waals surface area contributed by atoms with Gasteiger partial charge in [0.15, 0.2) is 5.13 Å². The van der Waals surface area contributed by atoms with E-state index in [0.29, 0.717) is 29.2 Å². The lowest BCUT2D eigenvalue weighted by molar-refractivity contribution is -0.142. The lowest BCUT2D eigenvalue weighted by Crippen LogP contribution is -2.43. The smallest absolute Gasteiger partial charge is 0.304 e. The van der Waals surface area contributed by atoms with Gasteiger partial charge in [0.2, 0.25) is 11.8 Å². The zero-order valence-corrected chi connectivity index (χ0v) is 21.6. The maximum Gasteiger partial charge on any atom is 0.304 e. The Labute approximate surface area is 220 Å². The van der Waals surface area contributed by atoms with Crippen molar-refractivity contribution in [2.45, 2.75) is 38.5 Å². The molecule has 1 aromatic carbocycles. The molecule has 37 heavy (non-hydrogen) atoms. The number of amides is 1. The molecule has 0 saturated heterocycles. The maximum absolute atomic E-state index is 13.9. The van der Waals surface area contributed by atoms with Crippen LogP contribution < -0.4 is 9.64 Å². The average Bonchev–Trinajstić information content (AvgIpc) is 3.62. The summed E-state index contributed by atoms with van der Waals surface area (Å²) < 4.78 is 5.13. The monoisotopic (exact) mass is 518 g/mol. The van der Waals surface area contributed by atoms with Crippen LogP contribution in [0.25, 0.3) is 22.5 Å². The highest BCUT2D eigenvalue weighted by Gasteiger charge is 2.39. The van der Waals surface area contributed by atoms with Crippen LogP contribution in [0.2, 0.25) is 0 Å². The van der Waals surface area contributed by atoms with E-state index in [1.807, 2.05) is 35.7 Å². The van der Waals surface area contributed by atoms with Gasteiger partial charge < -0.3 is 9.84 Å². The number of benzene rings is 1. The number of methoxy groups -OCH3 is 1. The molecule has 1 saturated carbocycles. The first kappa shape index (κ1) is 25.1. The van der Waals surface area contributed by atoms with Crippen molar-refractivity contribution in [1.82, 2.24) is 15.0 Å². The molecule has 3 aromatic rings. The minimum Gasteiger partial charge on any atom is -0.481 e. The number of carbonyl (C=O) groups is 2. The second-order valence-corrected chi connectivity index (χ2v) is 10.4. The first-order valence-electron chi connectivity index (χ1n) is 12.6. The Morgan fingerprint density at radius 3 is 2.54 bits per heavy atom. The van der Waals surface area contributed by atoms with Crippen LogP contribution in [0.4, 0.5) is 5.13 Å². The predicted octanol–water partition coefficient (Wildman–Crippen LogP) is 5.47. The molecule has 1 aliphatic heterocycles. The highest BCUT2D eigenvalue weighted by Crippen LogP contribution is 2.41. The van der Waals surface area contributed by atoms with Gasteiger partial charge in [-0.25, -0.2) is 15.0 Å². The number of carboxylic acid groups (broad SMARTS) is 1. The van der Waals surface area contributed by atoms with Gasteiger partial charge in [0, 0.05) is 23.1 Å². The summed E-state index contributed by atoms with van der Waals surface area (Å²) in [6.07, 6.45) is 12.4. The van der Waals surface area contributed by atoms with E-state index in [0.717, 1.165) is 48.9 Å². The number of rotatable bonds is 7. The molecule has 8 nitrogen and oxygen atoms in total. The van der Waals surface area contributed by atoms with Gasteiger partial charge in [-0.1, -0.05) is 62.1 Å². The van der Waals surface area contributed by atoms with Crippen LogP contribution in [0.3, 0.4) is 0 Å². The van der Waals surface area contributed by atoms with Crippen molar-refractivity contribution in [1.29, 1.82) is 0 Å². The molecule has 3 heterocycles. The number of thiazole rings is 1. The molecule has 0 bridgehead atoms. The number of hydrogen-bond acceptors (Lipinski definition) is 7. The summed E-state index contributed by atoms with van der Waals surface area (Å²) in [5.74, 6) is -0.757. The summed E-state index contributed by atoms with van der Waals surface area (Å²) in [7, 11) is 1.55. The Bertz CT molecular complexity index is 1280. The molecule has 192 valence electrons. The third-order valence-electron chi connectivity index (χ3n) is 7.40. The molecular weight excluding hydrogens is 488 g/mol. The lowest BCUT2D eigenvalue weighted by Gasteiger charge is -2.34. The molecule has 9 heteroatoms. The van der Waals surface area contributed by atoms with Gasteiger partial charge in [-0.3, -0.25) is 14.5 Å². The molecular formula is C28H30N4O4S. The molecule has 2 aromatic heterocycles. The van der Waals surface area contributed by atoms with Crippen LogP contribution in [0.1, 0.15) is 38.5 Å². The normalized spacial score (nSPS) is 21.4. The number of nitrogens with zero attached hydrogens (tertiary/aromatic N) is 4. The van der Waals surface area contributed by atoms with Crippen LogP contribution in [0.15, 0.2) is 54.2 Å². The molecule has 0 unspecified atom stereocenters. The van der Waals surface area contributed by atoms with Crippen LogP contribution >= 0.6 is 11.3 Å². The quantitative estimate of drug-likeness (QED) is 0.414. The SMILES string of the molecule is COc1cnc(-c2ccccc2-c2csc(N3C/C=C\C[C@H](C4CCCC4)[C@H](CC(=O)O)C3=O)n2)cn1. The van der Waals surface area contributed by atoms with Gasteiger partial charge in [-0.2, -0.15) is 0 Å². The fourth-order valence-corrected chi connectivity index (χ4v) is 6.42. The Hall–Kier alpha value is -3.59. The van der Waals surface area contributed by atoms with E-state index in [4.69, 9.17) is 9.72 Å². The van der Waals surface area contributed by atoms with Crippen molar-refractivity contribution < 1.29 is 19.4 Å². The number of ether oxygens (including phenoxy) is 1. The second-order valence-electron chi connectivity index (χ2n) is 9.57. The Balaban J connectivity index is 1.46. The van der Waals surface area contributed by atoms with Gasteiger partial charge in [0.1, 0.15) is 0 Å². The maximum atomic E-state index is 13.9. The van der Waals surface area contributed by atoms with Crippen molar-refractivity contribution in [2.75, 3.05) is 18.6 Å². The number of carbonyl (C=O) groups excluding carboxylic acids is 1. The van der Waals surface area contributed by atoms with E-state index in [-0.39, 0.29) is 18.2 Å². The fourth-order valence-electron chi connectivity index (χ4n) is 5.58. The third-order valence-corrected chi connectivity index (χ3v) is 8.27. The van der Waals surface area contributed by atoms with E-state index < -0.39 is 11.9 Å². The summed E-state index contributed by atoms with van der Waals surface area (Å²) in [6.45, 7) is 0.380. The van der Waals surface area contributed by atoms with E-state index >= 15 is 0 Å². The summed E-state index contributed by atoms with van der Waals surface area (Å²) >= 11 is 1.39. The molecule has 0 spiro atoms. The van der Waals surface area contributed by atoms with E-state index in [1.54, 1.807) is 24.4 Å². The molecule has 1 amide bonds. The average molecular weight is 519 g/mol. The molecule has 5 rings (SSSR count). The summed E-state index contributed by atoms with van der Waals surface area (Å²) in [5.41, 5.74) is 3.18. The van der Waals surface area contributed by atoms with Gasteiger partial charge >= 0.3 is 5.97 Å². The van der Waals surface area contributed by atoms with Gasteiger partial charge in [0.25, 0.3) is 0 Å². The first-order chi connectivity index (χ1) is 18.0. The number of carboxylic acids is 1. The van der Waals surface area contributed by atoms with E-state index in [9.17, 15) is 14.7 Å².